The van der Waals surface area contributed by atoms with E-state index in [-0.39, 0.29) is 5.57 Å². The van der Waals surface area contributed by atoms with E-state index >= 15 is 0 Å². The third kappa shape index (κ3) is 2.74. The van der Waals surface area contributed by atoms with Crippen LogP contribution in [0, 0.1) is 0 Å². The van der Waals surface area contributed by atoms with Crippen LogP contribution in [0.15, 0.2) is 54.3 Å². The van der Waals surface area contributed by atoms with E-state index in [0.29, 0.717) is 28.6 Å². The Morgan fingerprint density at radius 1 is 1.00 bits per heavy atom. The summed E-state index contributed by atoms with van der Waals surface area (Å²) in [6.45, 7) is 2.38. The van der Waals surface area contributed by atoms with Crippen LogP contribution in [-0.4, -0.2) is 23.5 Å². The second-order valence-corrected chi connectivity index (χ2v) is 5.54. The number of imide groups is 1. The summed E-state index contributed by atoms with van der Waals surface area (Å²) in [7, 11) is 0. The lowest BCUT2D eigenvalue weighted by Crippen LogP contribution is -2.31. The van der Waals surface area contributed by atoms with Crippen LogP contribution in [0.3, 0.4) is 0 Å². The van der Waals surface area contributed by atoms with Gasteiger partial charge in [0.2, 0.25) is 0 Å². The van der Waals surface area contributed by atoms with Crippen molar-refractivity contribution in [1.82, 2.24) is 0 Å². The molecule has 1 heterocycles. The normalized spacial score (nSPS) is 14.5. The summed E-state index contributed by atoms with van der Waals surface area (Å²) in [5.41, 5.74) is 0.762. The average molecular weight is 344 g/mol. The zero-order chi connectivity index (χ0) is 17.3. The number of carbonyl (C=O) groups excluding carboxylic acids is 2. The summed E-state index contributed by atoms with van der Waals surface area (Å²) in [6.07, 6.45) is 0. The number of anilines is 1. The molecule has 0 saturated heterocycles. The maximum absolute atomic E-state index is 12.6. The van der Waals surface area contributed by atoms with Gasteiger partial charge in [0, 0.05) is 5.02 Å². The van der Waals surface area contributed by atoms with E-state index in [4.69, 9.17) is 16.3 Å². The number of aliphatic hydroxyl groups excluding tert-OH is 1. The molecule has 5 nitrogen and oxygen atoms in total. The van der Waals surface area contributed by atoms with Gasteiger partial charge in [-0.1, -0.05) is 23.7 Å². The van der Waals surface area contributed by atoms with Crippen molar-refractivity contribution in [3.63, 3.8) is 0 Å². The van der Waals surface area contributed by atoms with Crippen LogP contribution in [0.25, 0.3) is 5.57 Å². The van der Waals surface area contributed by atoms with Crippen LogP contribution in [0.5, 0.6) is 5.75 Å². The Morgan fingerprint density at radius 3 is 2.21 bits per heavy atom. The molecule has 3 rings (SSSR count). The highest BCUT2D eigenvalue weighted by Crippen LogP contribution is 2.32. The van der Waals surface area contributed by atoms with Gasteiger partial charge in [-0.15, -0.1) is 0 Å². The number of aliphatic hydroxyl groups is 1. The Morgan fingerprint density at radius 2 is 1.62 bits per heavy atom. The van der Waals surface area contributed by atoms with E-state index in [1.54, 1.807) is 48.5 Å². The lowest BCUT2D eigenvalue weighted by atomic mass is 10.1. The zero-order valence-electron chi connectivity index (χ0n) is 12.8. The SMILES string of the molecule is CCOc1ccc(N2C(=O)C(O)=C(c3ccc(Cl)cc3)C2=O)cc1. The fraction of sp³-hybridized carbons (Fsp3) is 0.111. The first-order valence-corrected chi connectivity index (χ1v) is 7.71. The molecule has 122 valence electrons. The fourth-order valence-corrected chi connectivity index (χ4v) is 2.61. The van der Waals surface area contributed by atoms with E-state index in [1.807, 2.05) is 6.92 Å². The third-order valence-electron chi connectivity index (χ3n) is 3.60. The zero-order valence-corrected chi connectivity index (χ0v) is 13.6. The van der Waals surface area contributed by atoms with Gasteiger partial charge in [0.05, 0.1) is 17.9 Å². The minimum atomic E-state index is -0.755. The molecule has 2 aromatic carbocycles. The van der Waals surface area contributed by atoms with Crippen molar-refractivity contribution in [2.45, 2.75) is 6.92 Å². The average Bonchev–Trinajstić information content (AvgIpc) is 2.80. The maximum atomic E-state index is 12.6. The summed E-state index contributed by atoms with van der Waals surface area (Å²) >= 11 is 5.83. The first-order valence-electron chi connectivity index (χ1n) is 7.33. The van der Waals surface area contributed by atoms with Crippen LogP contribution < -0.4 is 9.64 Å². The number of hydrogen-bond acceptors (Lipinski definition) is 4. The number of rotatable bonds is 4. The second-order valence-electron chi connectivity index (χ2n) is 5.10. The minimum Gasteiger partial charge on any atom is -0.502 e. The van der Waals surface area contributed by atoms with E-state index in [1.165, 1.54) is 0 Å². The van der Waals surface area contributed by atoms with E-state index < -0.39 is 17.6 Å². The Kier molecular flexibility index (Phi) is 4.27. The molecular weight excluding hydrogens is 330 g/mol. The minimum absolute atomic E-state index is 0.0365. The fourth-order valence-electron chi connectivity index (χ4n) is 2.49. The molecule has 0 aliphatic carbocycles. The second kappa shape index (κ2) is 6.37. The molecule has 0 saturated carbocycles. The summed E-state index contributed by atoms with van der Waals surface area (Å²) in [5.74, 6) is -1.27. The van der Waals surface area contributed by atoms with Crippen molar-refractivity contribution in [2.75, 3.05) is 11.5 Å². The highest BCUT2D eigenvalue weighted by molar-refractivity contribution is 6.45. The number of halogens is 1. The number of nitrogens with zero attached hydrogens (tertiary/aromatic N) is 1. The smallest absolute Gasteiger partial charge is 0.301 e. The molecule has 6 heteroatoms. The van der Waals surface area contributed by atoms with Crippen LogP contribution in [-0.2, 0) is 9.59 Å². The van der Waals surface area contributed by atoms with Crippen molar-refractivity contribution >= 4 is 34.7 Å². The molecule has 0 bridgehead atoms. The van der Waals surface area contributed by atoms with Gasteiger partial charge in [0.15, 0.2) is 5.76 Å². The molecule has 2 amide bonds. The van der Waals surface area contributed by atoms with Gasteiger partial charge in [0.1, 0.15) is 5.75 Å². The van der Waals surface area contributed by atoms with E-state index in [9.17, 15) is 14.7 Å². The van der Waals surface area contributed by atoms with Crippen molar-refractivity contribution in [1.29, 1.82) is 0 Å². The highest BCUT2D eigenvalue weighted by Gasteiger charge is 2.40. The molecular formula is C18H14ClNO4. The quantitative estimate of drug-likeness (QED) is 0.862. The first-order chi connectivity index (χ1) is 11.5. The van der Waals surface area contributed by atoms with E-state index in [2.05, 4.69) is 0 Å². The summed E-state index contributed by atoms with van der Waals surface area (Å²) in [4.78, 5) is 25.9. The molecule has 0 radical (unpaired) electrons. The van der Waals surface area contributed by atoms with Gasteiger partial charge < -0.3 is 9.84 Å². The number of ether oxygens (including phenoxy) is 1. The Hall–Kier alpha value is -2.79. The highest BCUT2D eigenvalue weighted by atomic mass is 35.5. The molecule has 1 N–H and O–H groups in total. The molecule has 0 atom stereocenters. The monoisotopic (exact) mass is 343 g/mol. The third-order valence-corrected chi connectivity index (χ3v) is 3.85. The van der Waals surface area contributed by atoms with Gasteiger partial charge >= 0.3 is 5.91 Å². The number of hydrogen-bond donors (Lipinski definition) is 1. The maximum Gasteiger partial charge on any atom is 0.301 e. The largest absolute Gasteiger partial charge is 0.502 e. The summed E-state index contributed by atoms with van der Waals surface area (Å²) < 4.78 is 5.34. The van der Waals surface area contributed by atoms with Gasteiger partial charge in [-0.3, -0.25) is 9.59 Å². The standard InChI is InChI=1S/C18H14ClNO4/c1-2-24-14-9-7-13(8-10-14)20-17(22)15(16(21)18(20)23)11-3-5-12(19)6-4-11/h3-10,21H,2H2,1H3. The predicted octanol–water partition coefficient (Wildman–Crippen LogP) is 3.58. The predicted molar refractivity (Wildman–Crippen MR) is 91.1 cm³/mol. The van der Waals surface area contributed by atoms with Crippen molar-refractivity contribution in [3.8, 4) is 5.75 Å². The molecule has 24 heavy (non-hydrogen) atoms. The summed E-state index contributed by atoms with van der Waals surface area (Å²) in [5, 5.41) is 10.6. The van der Waals surface area contributed by atoms with E-state index in [0.717, 1.165) is 4.90 Å². The molecule has 0 unspecified atom stereocenters. The lowest BCUT2D eigenvalue weighted by Gasteiger charge is -2.15. The van der Waals surface area contributed by atoms with Crippen LogP contribution in [0.4, 0.5) is 5.69 Å². The molecule has 0 spiro atoms. The molecule has 0 aromatic heterocycles. The number of amides is 2. The molecule has 1 aliphatic heterocycles. The van der Waals surface area contributed by atoms with Crippen LogP contribution in [0.2, 0.25) is 5.02 Å². The van der Waals surface area contributed by atoms with Gasteiger partial charge in [0.25, 0.3) is 5.91 Å². The summed E-state index contributed by atoms with van der Waals surface area (Å²) in [6, 6.07) is 12.9. The van der Waals surface area contributed by atoms with Crippen molar-refractivity contribution in [3.05, 3.63) is 64.9 Å². The first kappa shape index (κ1) is 16.1. The number of carbonyl (C=O) groups is 2. The topological polar surface area (TPSA) is 66.8 Å². The van der Waals surface area contributed by atoms with Gasteiger partial charge in [-0.25, -0.2) is 4.90 Å². The lowest BCUT2D eigenvalue weighted by molar-refractivity contribution is -0.121. The number of benzene rings is 2. The van der Waals surface area contributed by atoms with Gasteiger partial charge in [-0.2, -0.15) is 0 Å². The van der Waals surface area contributed by atoms with Crippen LogP contribution in [0.1, 0.15) is 12.5 Å². The molecule has 2 aromatic rings. The van der Waals surface area contributed by atoms with Crippen molar-refractivity contribution in [2.24, 2.45) is 0 Å². The molecule has 0 fully saturated rings. The van der Waals surface area contributed by atoms with Gasteiger partial charge in [-0.05, 0) is 48.9 Å². The Bertz CT molecular complexity index is 825. The Labute approximate surface area is 143 Å². The van der Waals surface area contributed by atoms with Crippen LogP contribution >= 0.6 is 11.6 Å². The molecule has 1 aliphatic rings. The Balaban J connectivity index is 1.94. The van der Waals surface area contributed by atoms with Crippen molar-refractivity contribution < 1.29 is 19.4 Å².